The number of rotatable bonds is 4. The Labute approximate surface area is 142 Å². The van der Waals surface area contributed by atoms with Gasteiger partial charge in [-0.2, -0.15) is 0 Å². The van der Waals surface area contributed by atoms with Crippen LogP contribution in [0, 0.1) is 13.8 Å². The van der Waals surface area contributed by atoms with Crippen LogP contribution in [0.3, 0.4) is 0 Å². The molecule has 0 aliphatic carbocycles. The number of amides is 1. The molecule has 0 saturated heterocycles. The van der Waals surface area contributed by atoms with Crippen LogP contribution in [0.5, 0.6) is 0 Å². The Morgan fingerprint density at radius 3 is 2.68 bits per heavy atom. The molecular weight excluding hydrogens is 364 g/mol. The van der Waals surface area contributed by atoms with Crippen molar-refractivity contribution in [3.8, 4) is 0 Å². The summed E-state index contributed by atoms with van der Waals surface area (Å²) in [6, 6.07) is 7.47. The van der Waals surface area contributed by atoms with Crippen LogP contribution in [-0.2, 0) is 4.79 Å². The van der Waals surface area contributed by atoms with Crippen molar-refractivity contribution >= 4 is 45.1 Å². The third-order valence-electron chi connectivity index (χ3n) is 2.89. The number of carbonyl (C=O) groups excluding carboxylic acids is 1. The number of carbonyl (C=O) groups is 1. The van der Waals surface area contributed by atoms with E-state index in [1.54, 1.807) is 6.07 Å². The second-order valence-corrected chi connectivity index (χ2v) is 7.11. The van der Waals surface area contributed by atoms with Gasteiger partial charge in [-0.15, -0.1) is 0 Å². The minimum absolute atomic E-state index is 0.113. The minimum Gasteiger partial charge on any atom is -0.384 e. The third-order valence-corrected chi connectivity index (χ3v) is 4.50. The van der Waals surface area contributed by atoms with E-state index in [9.17, 15) is 4.79 Å². The van der Waals surface area contributed by atoms with Crippen LogP contribution < -0.4 is 11.1 Å². The highest BCUT2D eigenvalue weighted by atomic mass is 79.9. The Bertz CT molecular complexity index is 688. The summed E-state index contributed by atoms with van der Waals surface area (Å²) >= 11 is 4.73. The van der Waals surface area contributed by atoms with Crippen LogP contribution in [0.2, 0.25) is 0 Å². The number of anilines is 2. The molecular formula is C15H17BrN4OS. The molecule has 22 heavy (non-hydrogen) atoms. The van der Waals surface area contributed by atoms with Gasteiger partial charge in [0.1, 0.15) is 5.82 Å². The lowest BCUT2D eigenvalue weighted by molar-refractivity contribution is -0.115. The summed E-state index contributed by atoms with van der Waals surface area (Å²) in [5.41, 5.74) is 8.34. The zero-order valence-electron chi connectivity index (χ0n) is 12.6. The van der Waals surface area contributed by atoms with Gasteiger partial charge in [-0.25, -0.2) is 9.97 Å². The first kappa shape index (κ1) is 16.8. The average molecular weight is 381 g/mol. The molecule has 0 saturated carbocycles. The van der Waals surface area contributed by atoms with Gasteiger partial charge in [0.15, 0.2) is 5.16 Å². The Morgan fingerprint density at radius 1 is 1.32 bits per heavy atom. The number of hydrogen-bond acceptors (Lipinski definition) is 5. The minimum atomic E-state index is -0.339. The molecule has 0 fully saturated rings. The fourth-order valence-electron chi connectivity index (χ4n) is 1.79. The zero-order chi connectivity index (χ0) is 16.3. The lowest BCUT2D eigenvalue weighted by atomic mass is 10.2. The molecule has 1 aromatic carbocycles. The van der Waals surface area contributed by atoms with Gasteiger partial charge in [0.05, 0.1) is 10.9 Å². The highest BCUT2D eigenvalue weighted by Gasteiger charge is 2.17. The highest BCUT2D eigenvalue weighted by molar-refractivity contribution is 9.10. The number of nitrogens with two attached hydrogens (primary N) is 1. The molecule has 3 N–H and O–H groups in total. The first-order valence-electron chi connectivity index (χ1n) is 6.70. The number of aromatic nitrogens is 2. The second-order valence-electron chi connectivity index (χ2n) is 4.95. The largest absolute Gasteiger partial charge is 0.384 e. The van der Waals surface area contributed by atoms with Crippen LogP contribution in [0.15, 0.2) is 33.9 Å². The molecule has 1 aromatic heterocycles. The van der Waals surface area contributed by atoms with E-state index in [1.165, 1.54) is 11.8 Å². The van der Waals surface area contributed by atoms with Gasteiger partial charge in [0, 0.05) is 16.2 Å². The quantitative estimate of drug-likeness (QED) is 0.625. The molecule has 0 radical (unpaired) electrons. The smallest absolute Gasteiger partial charge is 0.237 e. The molecule has 116 valence electrons. The number of nitrogens with one attached hydrogen (secondary N) is 1. The molecule has 1 heterocycles. The van der Waals surface area contributed by atoms with Gasteiger partial charge in [0.25, 0.3) is 0 Å². The van der Waals surface area contributed by atoms with Crippen LogP contribution in [0.25, 0.3) is 0 Å². The van der Waals surface area contributed by atoms with Gasteiger partial charge in [-0.05, 0) is 54.4 Å². The number of thioether (sulfide) groups is 1. The lowest BCUT2D eigenvalue weighted by Crippen LogP contribution is -2.23. The summed E-state index contributed by atoms with van der Waals surface area (Å²) in [6.45, 7) is 5.65. The van der Waals surface area contributed by atoms with Crippen molar-refractivity contribution in [2.45, 2.75) is 31.2 Å². The van der Waals surface area contributed by atoms with E-state index in [0.717, 1.165) is 21.4 Å². The van der Waals surface area contributed by atoms with Crippen LogP contribution in [-0.4, -0.2) is 21.1 Å². The zero-order valence-corrected chi connectivity index (χ0v) is 15.0. The molecule has 0 unspecified atom stereocenters. The fraction of sp³-hybridized carbons (Fsp3) is 0.267. The normalized spacial score (nSPS) is 12.0. The van der Waals surface area contributed by atoms with Crippen molar-refractivity contribution in [3.63, 3.8) is 0 Å². The standard InChI is InChI=1S/C15H17BrN4OS/c1-8-4-5-12(11(16)6-8)19-14(21)10(3)22-15-18-9(2)7-13(17)20-15/h4-7,10H,1-3H3,(H,19,21)(H2,17,18,20)/t10-/m1/s1. The lowest BCUT2D eigenvalue weighted by Gasteiger charge is -2.13. The van der Waals surface area contributed by atoms with E-state index in [-0.39, 0.29) is 11.2 Å². The Kier molecular flexibility index (Phi) is 5.42. The molecule has 0 bridgehead atoms. The first-order valence-corrected chi connectivity index (χ1v) is 8.37. The third kappa shape index (κ3) is 4.45. The molecule has 1 amide bonds. The van der Waals surface area contributed by atoms with Gasteiger partial charge in [-0.1, -0.05) is 17.8 Å². The number of nitrogens with zero attached hydrogens (tertiary/aromatic N) is 2. The van der Waals surface area contributed by atoms with Gasteiger partial charge >= 0.3 is 0 Å². The van der Waals surface area contributed by atoms with E-state index in [1.807, 2.05) is 39.0 Å². The molecule has 7 heteroatoms. The summed E-state index contributed by atoms with van der Waals surface area (Å²) < 4.78 is 0.856. The Hall–Kier alpha value is -1.60. The Morgan fingerprint density at radius 2 is 2.05 bits per heavy atom. The van der Waals surface area contributed by atoms with Crippen LogP contribution >= 0.6 is 27.7 Å². The summed E-state index contributed by atoms with van der Waals surface area (Å²) in [7, 11) is 0. The molecule has 2 aromatic rings. The Balaban J connectivity index is 2.05. The maximum absolute atomic E-state index is 12.3. The molecule has 0 aliphatic rings. The van der Waals surface area contributed by atoms with E-state index in [4.69, 9.17) is 5.73 Å². The first-order chi connectivity index (χ1) is 10.3. The molecule has 1 atom stereocenters. The van der Waals surface area contributed by atoms with Gasteiger partial charge in [-0.3, -0.25) is 4.79 Å². The van der Waals surface area contributed by atoms with E-state index in [0.29, 0.717) is 11.0 Å². The van der Waals surface area contributed by atoms with Crippen molar-refractivity contribution in [3.05, 3.63) is 40.0 Å². The molecule has 5 nitrogen and oxygen atoms in total. The van der Waals surface area contributed by atoms with E-state index < -0.39 is 0 Å². The topological polar surface area (TPSA) is 80.9 Å². The molecule has 0 spiro atoms. The van der Waals surface area contributed by atoms with Crippen LogP contribution in [0.4, 0.5) is 11.5 Å². The fourth-order valence-corrected chi connectivity index (χ4v) is 3.21. The summed E-state index contributed by atoms with van der Waals surface area (Å²) in [5.74, 6) is 0.294. The van der Waals surface area contributed by atoms with Crippen molar-refractivity contribution in [1.29, 1.82) is 0 Å². The van der Waals surface area contributed by atoms with Crippen molar-refractivity contribution in [2.75, 3.05) is 11.1 Å². The maximum Gasteiger partial charge on any atom is 0.237 e. The average Bonchev–Trinajstić information content (AvgIpc) is 2.40. The molecule has 2 rings (SSSR count). The highest BCUT2D eigenvalue weighted by Crippen LogP contribution is 2.26. The number of halogens is 1. The van der Waals surface area contributed by atoms with Crippen LogP contribution in [0.1, 0.15) is 18.2 Å². The summed E-state index contributed by atoms with van der Waals surface area (Å²) in [6.07, 6.45) is 0. The number of benzene rings is 1. The number of aryl methyl sites for hydroxylation is 2. The van der Waals surface area contributed by atoms with Gasteiger partial charge in [0.2, 0.25) is 5.91 Å². The maximum atomic E-state index is 12.3. The van der Waals surface area contributed by atoms with Crippen molar-refractivity contribution in [1.82, 2.24) is 9.97 Å². The second kappa shape index (κ2) is 7.11. The van der Waals surface area contributed by atoms with Gasteiger partial charge < -0.3 is 11.1 Å². The summed E-state index contributed by atoms with van der Waals surface area (Å²) in [4.78, 5) is 20.7. The predicted octanol–water partition coefficient (Wildman–Crippen LogP) is 3.56. The number of nitrogen functional groups attached to an aromatic ring is 1. The summed E-state index contributed by atoms with van der Waals surface area (Å²) in [5, 5.41) is 3.06. The SMILES string of the molecule is Cc1ccc(NC(=O)[C@@H](C)Sc2nc(C)cc(N)n2)c(Br)c1. The van der Waals surface area contributed by atoms with E-state index in [2.05, 4.69) is 31.2 Å². The number of hydrogen-bond donors (Lipinski definition) is 2. The predicted molar refractivity (Wildman–Crippen MR) is 94.0 cm³/mol. The monoisotopic (exact) mass is 380 g/mol. The van der Waals surface area contributed by atoms with Crippen molar-refractivity contribution in [2.24, 2.45) is 0 Å². The van der Waals surface area contributed by atoms with E-state index >= 15 is 0 Å². The molecule has 0 aliphatic heterocycles. The van der Waals surface area contributed by atoms with Crippen molar-refractivity contribution < 1.29 is 4.79 Å².